The minimum Gasteiger partial charge on any atom is -0.376 e. The first-order chi connectivity index (χ1) is 8.18. The van der Waals surface area contributed by atoms with Crippen LogP contribution in [0.3, 0.4) is 0 Å². The Morgan fingerprint density at radius 1 is 1.24 bits per heavy atom. The quantitative estimate of drug-likeness (QED) is 0.661. The molecule has 102 valence electrons. The van der Waals surface area contributed by atoms with Crippen molar-refractivity contribution in [2.24, 2.45) is 0 Å². The van der Waals surface area contributed by atoms with Gasteiger partial charge in [0.2, 0.25) is 0 Å². The Bertz CT molecular complexity index is 185. The maximum Gasteiger partial charge on any atom is 0.0674 e. The van der Waals surface area contributed by atoms with Gasteiger partial charge in [0, 0.05) is 19.1 Å². The molecule has 0 aromatic carbocycles. The van der Waals surface area contributed by atoms with Gasteiger partial charge in [0.1, 0.15) is 0 Å². The molecule has 1 N–H and O–H groups in total. The molecule has 1 rings (SSSR count). The zero-order chi connectivity index (χ0) is 12.5. The summed E-state index contributed by atoms with van der Waals surface area (Å²) in [5, 5.41) is 3.46. The lowest BCUT2D eigenvalue weighted by molar-refractivity contribution is -0.0186. The Kier molecular flexibility index (Phi) is 7.82. The van der Waals surface area contributed by atoms with Crippen LogP contribution < -0.4 is 5.32 Å². The molecule has 1 unspecified atom stereocenters. The van der Waals surface area contributed by atoms with Crippen molar-refractivity contribution < 1.29 is 4.74 Å². The minimum atomic E-state index is 0.430. The fraction of sp³-hybridized carbons (Fsp3) is 1.00. The SMILES string of the molecule is CC(C)NCCCCCCN1CCOC(C)C1. The molecular weight excluding hydrogens is 212 g/mol. The van der Waals surface area contributed by atoms with Gasteiger partial charge >= 0.3 is 0 Å². The molecule has 3 nitrogen and oxygen atoms in total. The lowest BCUT2D eigenvalue weighted by Gasteiger charge is -2.30. The van der Waals surface area contributed by atoms with Gasteiger partial charge in [-0.2, -0.15) is 0 Å². The average Bonchev–Trinajstić information content (AvgIpc) is 2.27. The van der Waals surface area contributed by atoms with E-state index in [0.29, 0.717) is 12.1 Å². The van der Waals surface area contributed by atoms with Crippen LogP contribution >= 0.6 is 0 Å². The summed E-state index contributed by atoms with van der Waals surface area (Å²) in [5.41, 5.74) is 0. The van der Waals surface area contributed by atoms with E-state index in [0.717, 1.165) is 19.7 Å². The van der Waals surface area contributed by atoms with Crippen LogP contribution in [0.1, 0.15) is 46.5 Å². The van der Waals surface area contributed by atoms with Crippen LogP contribution in [0.4, 0.5) is 0 Å². The second-order valence-electron chi connectivity index (χ2n) is 5.51. The van der Waals surface area contributed by atoms with E-state index in [4.69, 9.17) is 4.74 Å². The van der Waals surface area contributed by atoms with Gasteiger partial charge in [0.15, 0.2) is 0 Å². The standard InChI is InChI=1S/C14H30N2O/c1-13(2)15-8-6-4-5-7-9-16-10-11-17-14(3)12-16/h13-15H,4-12H2,1-3H3. The van der Waals surface area contributed by atoms with Crippen LogP contribution in [0.2, 0.25) is 0 Å². The largest absolute Gasteiger partial charge is 0.376 e. The van der Waals surface area contributed by atoms with Crippen molar-refractivity contribution >= 4 is 0 Å². The Hall–Kier alpha value is -0.120. The summed E-state index contributed by atoms with van der Waals surface area (Å²) in [6.45, 7) is 12.2. The summed E-state index contributed by atoms with van der Waals surface area (Å²) >= 11 is 0. The molecule has 1 aliphatic heterocycles. The van der Waals surface area contributed by atoms with Crippen LogP contribution in [0.15, 0.2) is 0 Å². The highest BCUT2D eigenvalue weighted by molar-refractivity contribution is 4.67. The number of ether oxygens (including phenoxy) is 1. The molecule has 0 spiro atoms. The Morgan fingerprint density at radius 2 is 2.00 bits per heavy atom. The van der Waals surface area contributed by atoms with Gasteiger partial charge in [-0.3, -0.25) is 4.90 Å². The molecular formula is C14H30N2O. The third-order valence-electron chi connectivity index (χ3n) is 3.28. The fourth-order valence-corrected chi connectivity index (χ4v) is 2.30. The van der Waals surface area contributed by atoms with Crippen LogP contribution in [0.25, 0.3) is 0 Å². The van der Waals surface area contributed by atoms with Crippen molar-refractivity contribution in [2.45, 2.75) is 58.6 Å². The zero-order valence-electron chi connectivity index (χ0n) is 11.9. The van der Waals surface area contributed by atoms with Gasteiger partial charge in [-0.15, -0.1) is 0 Å². The van der Waals surface area contributed by atoms with Crippen molar-refractivity contribution in [2.75, 3.05) is 32.8 Å². The summed E-state index contributed by atoms with van der Waals surface area (Å²) in [7, 11) is 0. The maximum absolute atomic E-state index is 5.54. The number of hydrogen-bond donors (Lipinski definition) is 1. The molecule has 0 aliphatic carbocycles. The highest BCUT2D eigenvalue weighted by atomic mass is 16.5. The maximum atomic E-state index is 5.54. The van der Waals surface area contributed by atoms with Crippen LogP contribution in [0, 0.1) is 0 Å². The van der Waals surface area contributed by atoms with Crippen molar-refractivity contribution in [1.82, 2.24) is 10.2 Å². The van der Waals surface area contributed by atoms with Crippen molar-refractivity contribution in [1.29, 1.82) is 0 Å². The van der Waals surface area contributed by atoms with Crippen LogP contribution in [-0.4, -0.2) is 49.8 Å². The topological polar surface area (TPSA) is 24.5 Å². The third-order valence-corrected chi connectivity index (χ3v) is 3.28. The van der Waals surface area contributed by atoms with Gasteiger partial charge in [-0.25, -0.2) is 0 Å². The van der Waals surface area contributed by atoms with Gasteiger partial charge in [-0.05, 0) is 32.9 Å². The molecule has 0 saturated carbocycles. The number of rotatable bonds is 8. The van der Waals surface area contributed by atoms with Crippen molar-refractivity contribution in [3.63, 3.8) is 0 Å². The molecule has 0 radical (unpaired) electrons. The number of nitrogens with one attached hydrogen (secondary N) is 1. The first-order valence-electron chi connectivity index (χ1n) is 7.26. The molecule has 0 aromatic rings. The summed E-state index contributed by atoms with van der Waals surface area (Å²) in [5.74, 6) is 0. The molecule has 0 aromatic heterocycles. The minimum absolute atomic E-state index is 0.430. The van der Waals surface area contributed by atoms with E-state index in [9.17, 15) is 0 Å². The highest BCUT2D eigenvalue weighted by Gasteiger charge is 2.15. The van der Waals surface area contributed by atoms with E-state index in [1.807, 2.05) is 0 Å². The second kappa shape index (κ2) is 8.90. The molecule has 17 heavy (non-hydrogen) atoms. The van der Waals surface area contributed by atoms with E-state index >= 15 is 0 Å². The monoisotopic (exact) mass is 242 g/mol. The van der Waals surface area contributed by atoms with E-state index < -0.39 is 0 Å². The number of morpholine rings is 1. The fourth-order valence-electron chi connectivity index (χ4n) is 2.30. The molecule has 1 aliphatic rings. The molecule has 0 bridgehead atoms. The highest BCUT2D eigenvalue weighted by Crippen LogP contribution is 2.07. The van der Waals surface area contributed by atoms with Crippen molar-refractivity contribution in [3.8, 4) is 0 Å². The average molecular weight is 242 g/mol. The van der Waals surface area contributed by atoms with E-state index in [1.54, 1.807) is 0 Å². The predicted molar refractivity (Wildman–Crippen MR) is 73.5 cm³/mol. The lowest BCUT2D eigenvalue weighted by Crippen LogP contribution is -2.41. The Morgan fingerprint density at radius 3 is 2.71 bits per heavy atom. The zero-order valence-corrected chi connectivity index (χ0v) is 11.9. The van der Waals surface area contributed by atoms with Crippen LogP contribution in [-0.2, 0) is 4.74 Å². The number of nitrogens with zero attached hydrogens (tertiary/aromatic N) is 1. The van der Waals surface area contributed by atoms with Crippen molar-refractivity contribution in [3.05, 3.63) is 0 Å². The summed E-state index contributed by atoms with van der Waals surface area (Å²) in [6.07, 6.45) is 5.82. The van der Waals surface area contributed by atoms with Gasteiger partial charge in [0.25, 0.3) is 0 Å². The summed E-state index contributed by atoms with van der Waals surface area (Å²) in [4.78, 5) is 2.54. The lowest BCUT2D eigenvalue weighted by atomic mass is 10.1. The Labute approximate surface area is 107 Å². The first-order valence-corrected chi connectivity index (χ1v) is 7.26. The van der Waals surface area contributed by atoms with Crippen LogP contribution in [0.5, 0.6) is 0 Å². The smallest absolute Gasteiger partial charge is 0.0674 e. The normalized spacial score (nSPS) is 22.2. The predicted octanol–water partition coefficient (Wildman–Crippen LogP) is 2.27. The van der Waals surface area contributed by atoms with E-state index in [1.165, 1.54) is 38.8 Å². The molecule has 0 amide bonds. The van der Waals surface area contributed by atoms with Gasteiger partial charge in [0.05, 0.1) is 12.7 Å². The number of unbranched alkanes of at least 4 members (excludes halogenated alkanes) is 3. The molecule has 1 atom stereocenters. The summed E-state index contributed by atoms with van der Waals surface area (Å²) < 4.78 is 5.54. The van der Waals surface area contributed by atoms with E-state index in [2.05, 4.69) is 31.0 Å². The van der Waals surface area contributed by atoms with Gasteiger partial charge < -0.3 is 10.1 Å². The molecule has 1 heterocycles. The molecule has 3 heteroatoms. The second-order valence-corrected chi connectivity index (χ2v) is 5.51. The first kappa shape index (κ1) is 14.9. The number of hydrogen-bond acceptors (Lipinski definition) is 3. The molecule has 1 saturated heterocycles. The Balaban J connectivity index is 1.86. The molecule has 1 fully saturated rings. The third kappa shape index (κ3) is 7.74. The van der Waals surface area contributed by atoms with Gasteiger partial charge in [-0.1, -0.05) is 26.7 Å². The van der Waals surface area contributed by atoms with E-state index in [-0.39, 0.29) is 0 Å². The summed E-state index contributed by atoms with van der Waals surface area (Å²) in [6, 6.07) is 0.629.